The average Bonchev–Trinajstić information content (AvgIpc) is 3.25. The predicted octanol–water partition coefficient (Wildman–Crippen LogP) is 2.19. The molecular formula is C26H29F2N3O8. The number of amides is 1. The van der Waals surface area contributed by atoms with E-state index in [9.17, 15) is 28.0 Å². The Morgan fingerprint density at radius 3 is 2.67 bits per heavy atom. The van der Waals surface area contributed by atoms with Crippen molar-refractivity contribution in [1.29, 1.82) is 0 Å². The van der Waals surface area contributed by atoms with Crippen LogP contribution in [0, 0.1) is 11.6 Å². The third-order valence-electron chi connectivity index (χ3n) is 6.42. The zero-order valence-electron chi connectivity index (χ0n) is 21.8. The van der Waals surface area contributed by atoms with Gasteiger partial charge in [0.25, 0.3) is 5.91 Å². The first-order valence-corrected chi connectivity index (χ1v) is 12.3. The number of halogens is 2. The van der Waals surface area contributed by atoms with E-state index in [0.29, 0.717) is 19.2 Å². The van der Waals surface area contributed by atoms with Gasteiger partial charge in [-0.15, -0.1) is 0 Å². The zero-order chi connectivity index (χ0) is 28.3. The Bertz CT molecular complexity index is 1330. The van der Waals surface area contributed by atoms with Crippen LogP contribution >= 0.6 is 0 Å². The van der Waals surface area contributed by atoms with Gasteiger partial charge in [-0.2, -0.15) is 0 Å². The number of pyridine rings is 1. The second-order valence-electron chi connectivity index (χ2n) is 9.52. The summed E-state index contributed by atoms with van der Waals surface area (Å²) in [5.74, 6) is -3.18. The molecule has 3 heterocycles. The third kappa shape index (κ3) is 6.25. The Balaban J connectivity index is 1.58. The molecule has 4 rings (SSSR count). The van der Waals surface area contributed by atoms with Crippen LogP contribution in [0.1, 0.15) is 39.8 Å². The van der Waals surface area contributed by atoms with Crippen molar-refractivity contribution in [3.8, 4) is 5.75 Å². The molecule has 1 amide bonds. The number of aromatic nitrogens is 1. The van der Waals surface area contributed by atoms with E-state index in [0.717, 1.165) is 6.07 Å². The second kappa shape index (κ2) is 11.9. The molecule has 0 saturated carbocycles. The maximum absolute atomic E-state index is 14.0. The van der Waals surface area contributed by atoms with Crippen LogP contribution in [0.15, 0.2) is 29.2 Å². The summed E-state index contributed by atoms with van der Waals surface area (Å²) < 4.78 is 49.6. The van der Waals surface area contributed by atoms with Crippen molar-refractivity contribution in [2.24, 2.45) is 0 Å². The van der Waals surface area contributed by atoms with Crippen LogP contribution in [0.3, 0.4) is 0 Å². The first-order chi connectivity index (χ1) is 18.6. The minimum atomic E-state index is -1.03. The number of rotatable bonds is 10. The lowest BCUT2D eigenvalue weighted by Crippen LogP contribution is -2.49. The normalized spacial score (nSPS) is 18.1. The van der Waals surface area contributed by atoms with Crippen LogP contribution in [0.5, 0.6) is 5.75 Å². The summed E-state index contributed by atoms with van der Waals surface area (Å²) in [4.78, 5) is 55.0. The Labute approximate surface area is 222 Å². The molecule has 2 aliphatic heterocycles. The molecule has 11 nitrogen and oxygen atoms in total. The average molecular weight is 550 g/mol. The molecule has 1 aromatic heterocycles. The highest BCUT2D eigenvalue weighted by molar-refractivity contribution is 6.00. The number of fused-ring (bicyclic) bond motifs is 2. The van der Waals surface area contributed by atoms with Crippen LogP contribution in [-0.4, -0.2) is 85.1 Å². The third-order valence-corrected chi connectivity index (χ3v) is 6.42. The Kier molecular flexibility index (Phi) is 8.60. The molecule has 0 radical (unpaired) electrons. The number of Topliss-reactive ketones (excluding diaryl/α,β-unsaturated/α-hetero) is 1. The number of hydrogen-bond acceptors (Lipinski definition) is 9. The van der Waals surface area contributed by atoms with E-state index in [1.54, 1.807) is 25.9 Å². The van der Waals surface area contributed by atoms with E-state index < -0.39 is 53.7 Å². The standard InChI is InChI=1S/C26H29F2N3O8/c1-15-13-37-21-12-30-11-18(20(32)7-5-16-4-6-17(27)10-19(16)28)23(33)24(22(30)25(34)31(15)21)38-14-39-26(35)36-9-8-29(2)3/h4,6,10-11,15,21H,5,7-9,12-14H2,1-3H3/t15-,21+/m0/s1. The summed E-state index contributed by atoms with van der Waals surface area (Å²) in [5.41, 5.74) is -1.17. The zero-order valence-corrected chi connectivity index (χ0v) is 21.8. The minimum absolute atomic E-state index is 0.0647. The second-order valence-corrected chi connectivity index (χ2v) is 9.52. The number of hydrogen-bond donors (Lipinski definition) is 0. The summed E-state index contributed by atoms with van der Waals surface area (Å²) in [7, 11) is 3.60. The minimum Gasteiger partial charge on any atom is -0.451 e. The molecule has 1 fully saturated rings. The van der Waals surface area contributed by atoms with Crippen LogP contribution in [0.2, 0.25) is 0 Å². The van der Waals surface area contributed by atoms with E-state index in [-0.39, 0.29) is 48.9 Å². The molecule has 2 atom stereocenters. The fourth-order valence-corrected chi connectivity index (χ4v) is 4.39. The van der Waals surface area contributed by atoms with Crippen molar-refractivity contribution in [2.75, 3.05) is 40.6 Å². The fourth-order valence-electron chi connectivity index (χ4n) is 4.39. The number of ketones is 1. The van der Waals surface area contributed by atoms with Gasteiger partial charge in [0.1, 0.15) is 18.2 Å². The quantitative estimate of drug-likeness (QED) is 0.250. The van der Waals surface area contributed by atoms with E-state index in [2.05, 4.69) is 0 Å². The maximum atomic E-state index is 14.0. The number of carbonyl (C=O) groups excluding carboxylic acids is 3. The van der Waals surface area contributed by atoms with Crippen molar-refractivity contribution in [3.63, 3.8) is 0 Å². The molecule has 39 heavy (non-hydrogen) atoms. The molecule has 13 heteroatoms. The van der Waals surface area contributed by atoms with Gasteiger partial charge in [0, 0.05) is 25.2 Å². The van der Waals surface area contributed by atoms with Gasteiger partial charge in [-0.05, 0) is 39.1 Å². The van der Waals surface area contributed by atoms with Crippen molar-refractivity contribution in [3.05, 3.63) is 63.1 Å². The topological polar surface area (TPSA) is 117 Å². The molecule has 1 aromatic carbocycles. The van der Waals surface area contributed by atoms with Gasteiger partial charge < -0.3 is 33.3 Å². The molecule has 0 aliphatic carbocycles. The van der Waals surface area contributed by atoms with Crippen molar-refractivity contribution < 1.29 is 42.1 Å². The van der Waals surface area contributed by atoms with Crippen LogP contribution in [-0.2, 0) is 27.2 Å². The SMILES string of the molecule is C[C@H]1CO[C@@H]2Cn3cc(C(=O)CCc4ccc(F)cc4F)c(=O)c(OCOC(=O)OCCN(C)C)c3C(=O)N12. The monoisotopic (exact) mass is 549 g/mol. The van der Waals surface area contributed by atoms with Crippen LogP contribution in [0.25, 0.3) is 0 Å². The molecule has 0 spiro atoms. The highest BCUT2D eigenvalue weighted by Gasteiger charge is 2.43. The van der Waals surface area contributed by atoms with E-state index in [1.165, 1.54) is 21.7 Å². The summed E-state index contributed by atoms with van der Waals surface area (Å²) in [6, 6.07) is 2.76. The first-order valence-electron chi connectivity index (χ1n) is 12.3. The Hall–Kier alpha value is -3.84. The smallest absolute Gasteiger partial charge is 0.451 e. The Morgan fingerprint density at radius 1 is 1.18 bits per heavy atom. The van der Waals surface area contributed by atoms with Gasteiger partial charge in [-0.1, -0.05) is 6.07 Å². The number of aryl methyl sites for hydroxylation is 1. The molecule has 2 aromatic rings. The van der Waals surface area contributed by atoms with Gasteiger partial charge in [0.05, 0.1) is 24.8 Å². The van der Waals surface area contributed by atoms with Gasteiger partial charge in [-0.25, -0.2) is 13.6 Å². The molecule has 210 valence electrons. The number of carbonyl (C=O) groups is 3. The van der Waals surface area contributed by atoms with E-state index >= 15 is 0 Å². The first kappa shape index (κ1) is 28.2. The molecule has 0 unspecified atom stereocenters. The maximum Gasteiger partial charge on any atom is 0.511 e. The molecule has 1 saturated heterocycles. The van der Waals surface area contributed by atoms with Crippen molar-refractivity contribution >= 4 is 17.8 Å². The molecule has 2 aliphatic rings. The van der Waals surface area contributed by atoms with Gasteiger partial charge in [0.15, 0.2) is 17.7 Å². The molecule has 0 bridgehead atoms. The Morgan fingerprint density at radius 2 is 1.95 bits per heavy atom. The van der Waals surface area contributed by atoms with Gasteiger partial charge in [-0.3, -0.25) is 14.4 Å². The van der Waals surface area contributed by atoms with E-state index in [1.807, 2.05) is 0 Å². The summed E-state index contributed by atoms with van der Waals surface area (Å²) >= 11 is 0. The number of likely N-dealkylation sites (N-methyl/N-ethyl adjacent to an activating group) is 1. The predicted molar refractivity (Wildman–Crippen MR) is 132 cm³/mol. The highest BCUT2D eigenvalue weighted by Crippen LogP contribution is 2.30. The number of ether oxygens (including phenoxy) is 4. The molecule has 0 N–H and O–H groups in total. The lowest BCUT2D eigenvalue weighted by atomic mass is 10.0. The van der Waals surface area contributed by atoms with E-state index in [4.69, 9.17) is 18.9 Å². The van der Waals surface area contributed by atoms with Crippen molar-refractivity contribution in [2.45, 2.75) is 38.6 Å². The van der Waals surface area contributed by atoms with Gasteiger partial charge in [0.2, 0.25) is 18.0 Å². The summed E-state index contributed by atoms with van der Waals surface area (Å²) in [5, 5.41) is 0. The number of benzene rings is 1. The van der Waals surface area contributed by atoms with Crippen molar-refractivity contribution in [1.82, 2.24) is 14.4 Å². The van der Waals surface area contributed by atoms with Crippen LogP contribution in [0.4, 0.5) is 13.6 Å². The lowest BCUT2D eigenvalue weighted by molar-refractivity contribution is -0.00267. The highest BCUT2D eigenvalue weighted by atomic mass is 19.1. The number of nitrogens with zero attached hydrogens (tertiary/aromatic N) is 3. The van der Waals surface area contributed by atoms with Crippen LogP contribution < -0.4 is 10.2 Å². The summed E-state index contributed by atoms with van der Waals surface area (Å²) in [6.45, 7) is 2.00. The largest absolute Gasteiger partial charge is 0.511 e. The van der Waals surface area contributed by atoms with Gasteiger partial charge >= 0.3 is 6.16 Å². The molecular weight excluding hydrogens is 520 g/mol. The fraction of sp³-hybridized carbons (Fsp3) is 0.462. The summed E-state index contributed by atoms with van der Waals surface area (Å²) in [6.07, 6.45) is -0.726. The lowest BCUT2D eigenvalue weighted by Gasteiger charge is -2.34.